The first-order valence-electron chi connectivity index (χ1n) is 7.25. The van der Waals surface area contributed by atoms with Gasteiger partial charge in [0.25, 0.3) is 0 Å². The van der Waals surface area contributed by atoms with Crippen molar-refractivity contribution in [3.05, 3.63) is 64.4 Å². The molecule has 0 aliphatic rings. The fraction of sp³-hybridized carbons (Fsp3) is 0.278. The van der Waals surface area contributed by atoms with Gasteiger partial charge in [0.2, 0.25) is 0 Å². The summed E-state index contributed by atoms with van der Waals surface area (Å²) >= 11 is 6.02. The Kier molecular flexibility index (Phi) is 6.93. The second-order valence-electron chi connectivity index (χ2n) is 4.57. The van der Waals surface area contributed by atoms with E-state index in [1.807, 2.05) is 52.0 Å². The average Bonchev–Trinajstić information content (AvgIpc) is 2.53. The number of pyridine rings is 1. The zero-order chi connectivity index (χ0) is 16.7. The monoisotopic (exact) mass is 315 g/mol. The molecule has 4 heteroatoms. The van der Waals surface area contributed by atoms with Crippen molar-refractivity contribution in [3.8, 4) is 0 Å². The molecule has 0 amide bonds. The van der Waals surface area contributed by atoms with E-state index < -0.39 is 0 Å². The van der Waals surface area contributed by atoms with Crippen LogP contribution in [0, 0.1) is 13.8 Å². The zero-order valence-corrected chi connectivity index (χ0v) is 14.6. The molecule has 0 atom stereocenters. The van der Waals surface area contributed by atoms with Crippen LogP contribution in [0.5, 0.6) is 0 Å². The molecule has 0 aliphatic heterocycles. The number of benzene rings is 1. The van der Waals surface area contributed by atoms with Gasteiger partial charge >= 0.3 is 0 Å². The molecule has 2 aromatic rings. The molecular formula is C18H22ClN3. The maximum absolute atomic E-state index is 6.02. The molecule has 0 bridgehead atoms. The number of aromatic nitrogens is 1. The van der Waals surface area contributed by atoms with Crippen LogP contribution in [0.15, 0.2) is 47.3 Å². The van der Waals surface area contributed by atoms with Crippen LogP contribution in [0.2, 0.25) is 5.02 Å². The van der Waals surface area contributed by atoms with Gasteiger partial charge < -0.3 is 0 Å². The average molecular weight is 316 g/mol. The summed E-state index contributed by atoms with van der Waals surface area (Å²) in [5.41, 5.74) is 5.73. The van der Waals surface area contributed by atoms with Crippen molar-refractivity contribution in [2.75, 3.05) is 7.05 Å². The number of halogens is 1. The van der Waals surface area contributed by atoms with E-state index in [2.05, 4.69) is 21.8 Å². The highest BCUT2D eigenvalue weighted by molar-refractivity contribution is 6.30. The van der Waals surface area contributed by atoms with E-state index in [4.69, 9.17) is 11.6 Å². The molecule has 2 rings (SSSR count). The van der Waals surface area contributed by atoms with E-state index in [-0.39, 0.29) is 0 Å². The Morgan fingerprint density at radius 1 is 1.18 bits per heavy atom. The van der Waals surface area contributed by atoms with Crippen molar-refractivity contribution in [2.24, 2.45) is 10.2 Å². The summed E-state index contributed by atoms with van der Waals surface area (Å²) in [5.74, 6) is 0. The molecule has 3 nitrogen and oxygen atoms in total. The predicted molar refractivity (Wildman–Crippen MR) is 95.1 cm³/mol. The first kappa shape index (κ1) is 18.1. The van der Waals surface area contributed by atoms with Crippen molar-refractivity contribution in [2.45, 2.75) is 27.7 Å². The number of rotatable bonds is 3. The fourth-order valence-electron chi connectivity index (χ4n) is 2.03. The topological polar surface area (TPSA) is 37.6 Å². The van der Waals surface area contributed by atoms with E-state index in [0.717, 1.165) is 33.6 Å². The van der Waals surface area contributed by atoms with Crippen LogP contribution in [-0.4, -0.2) is 12.0 Å². The number of hydrogen-bond acceptors (Lipinski definition) is 3. The van der Waals surface area contributed by atoms with E-state index in [9.17, 15) is 0 Å². The minimum Gasteiger partial charge on any atom is -0.259 e. The Balaban J connectivity index is 0.00000116. The summed E-state index contributed by atoms with van der Waals surface area (Å²) < 4.78 is 0. The zero-order valence-electron chi connectivity index (χ0n) is 13.8. The van der Waals surface area contributed by atoms with Crippen LogP contribution in [-0.2, 0) is 0 Å². The lowest BCUT2D eigenvalue weighted by molar-refractivity contribution is 1.15. The second kappa shape index (κ2) is 8.44. The first-order chi connectivity index (χ1) is 10.5. The molecule has 0 N–H and O–H groups in total. The van der Waals surface area contributed by atoms with Gasteiger partial charge in [0.05, 0.1) is 10.7 Å². The first-order valence-corrected chi connectivity index (χ1v) is 7.63. The standard InChI is InChI=1S/C16H16ClN3.C2H6/c1-10-7-13(5-6-16(10)20-18-4)11(2)15-8-14(17)9-19-12(15)3;1-2/h5-9H,2H2,1,3-4H3;1-2H3. The Bertz CT molecular complexity index is 691. The lowest BCUT2D eigenvalue weighted by atomic mass is 9.97. The van der Waals surface area contributed by atoms with Gasteiger partial charge in [-0.25, -0.2) is 0 Å². The molecule has 22 heavy (non-hydrogen) atoms. The van der Waals surface area contributed by atoms with Crippen LogP contribution in [0.3, 0.4) is 0 Å². The van der Waals surface area contributed by atoms with Crippen LogP contribution in [0.1, 0.15) is 36.2 Å². The van der Waals surface area contributed by atoms with Gasteiger partial charge in [-0.1, -0.05) is 38.1 Å². The van der Waals surface area contributed by atoms with Crippen molar-refractivity contribution in [1.82, 2.24) is 4.98 Å². The molecule has 1 aromatic heterocycles. The Labute approximate surface area is 137 Å². The third-order valence-corrected chi connectivity index (χ3v) is 3.34. The van der Waals surface area contributed by atoms with E-state index in [1.165, 1.54) is 0 Å². The Morgan fingerprint density at radius 2 is 1.86 bits per heavy atom. The summed E-state index contributed by atoms with van der Waals surface area (Å²) in [6.07, 6.45) is 1.64. The molecule has 0 aliphatic carbocycles. The molecule has 0 fully saturated rings. The SMILES string of the molecule is C=C(c1ccc(N=NC)c(C)c1)c1cc(Cl)cnc1C.CC. The molecule has 1 aromatic carbocycles. The summed E-state index contributed by atoms with van der Waals surface area (Å²) in [6, 6.07) is 7.86. The van der Waals surface area contributed by atoms with E-state index in [0.29, 0.717) is 5.02 Å². The Morgan fingerprint density at radius 3 is 2.45 bits per heavy atom. The third-order valence-electron chi connectivity index (χ3n) is 3.13. The molecule has 0 saturated heterocycles. The van der Waals surface area contributed by atoms with Crippen LogP contribution in [0.25, 0.3) is 5.57 Å². The molecule has 1 heterocycles. The Hall–Kier alpha value is -2.00. The number of hydrogen-bond donors (Lipinski definition) is 0. The van der Waals surface area contributed by atoms with Gasteiger partial charge in [0.15, 0.2) is 0 Å². The highest BCUT2D eigenvalue weighted by Gasteiger charge is 2.09. The van der Waals surface area contributed by atoms with Gasteiger partial charge in [0.1, 0.15) is 0 Å². The predicted octanol–water partition coefficient (Wildman–Crippen LogP) is 6.15. The highest BCUT2D eigenvalue weighted by Crippen LogP contribution is 2.29. The number of azo groups is 1. The smallest absolute Gasteiger partial charge is 0.0881 e. The molecule has 116 valence electrons. The van der Waals surface area contributed by atoms with Gasteiger partial charge in [-0.05, 0) is 48.7 Å². The summed E-state index contributed by atoms with van der Waals surface area (Å²) in [6.45, 7) is 12.1. The second-order valence-corrected chi connectivity index (χ2v) is 5.00. The summed E-state index contributed by atoms with van der Waals surface area (Å²) in [4.78, 5) is 4.27. The third kappa shape index (κ3) is 4.25. The maximum atomic E-state index is 6.02. The number of aryl methyl sites for hydroxylation is 2. The van der Waals surface area contributed by atoms with Crippen molar-refractivity contribution in [3.63, 3.8) is 0 Å². The van der Waals surface area contributed by atoms with Gasteiger partial charge in [0, 0.05) is 24.5 Å². The molecule has 0 spiro atoms. The number of nitrogens with zero attached hydrogens (tertiary/aromatic N) is 3. The van der Waals surface area contributed by atoms with Crippen LogP contribution < -0.4 is 0 Å². The van der Waals surface area contributed by atoms with Crippen LogP contribution in [0.4, 0.5) is 5.69 Å². The maximum Gasteiger partial charge on any atom is 0.0881 e. The lowest BCUT2D eigenvalue weighted by Gasteiger charge is -2.11. The van der Waals surface area contributed by atoms with Crippen molar-refractivity contribution >= 4 is 22.9 Å². The molecule has 0 saturated carbocycles. The van der Waals surface area contributed by atoms with Crippen molar-refractivity contribution < 1.29 is 0 Å². The molecule has 0 unspecified atom stereocenters. The lowest BCUT2D eigenvalue weighted by Crippen LogP contribution is -1.93. The summed E-state index contributed by atoms with van der Waals surface area (Å²) in [7, 11) is 1.66. The quantitative estimate of drug-likeness (QED) is 0.625. The van der Waals surface area contributed by atoms with Gasteiger partial charge in [-0.15, -0.1) is 0 Å². The minimum atomic E-state index is 0.611. The van der Waals surface area contributed by atoms with Gasteiger partial charge in [-0.2, -0.15) is 10.2 Å². The molecular weight excluding hydrogens is 294 g/mol. The van der Waals surface area contributed by atoms with Gasteiger partial charge in [-0.3, -0.25) is 4.98 Å². The normalized spacial score (nSPS) is 10.3. The van der Waals surface area contributed by atoms with E-state index >= 15 is 0 Å². The molecule has 0 radical (unpaired) electrons. The largest absolute Gasteiger partial charge is 0.259 e. The van der Waals surface area contributed by atoms with Crippen LogP contribution >= 0.6 is 11.6 Å². The summed E-state index contributed by atoms with van der Waals surface area (Å²) in [5, 5.41) is 8.48. The van der Waals surface area contributed by atoms with E-state index in [1.54, 1.807) is 13.2 Å². The minimum absolute atomic E-state index is 0.611. The van der Waals surface area contributed by atoms with Crippen molar-refractivity contribution in [1.29, 1.82) is 0 Å². The highest BCUT2D eigenvalue weighted by atomic mass is 35.5. The fourth-order valence-corrected chi connectivity index (χ4v) is 2.19.